The molecule has 3 atom stereocenters. The number of aryl methyl sites for hydroxylation is 1. The minimum atomic E-state index is -1.19. The maximum Gasteiger partial charge on any atom is 0.408 e. The van der Waals surface area contributed by atoms with E-state index in [0.29, 0.717) is 18.5 Å². The second kappa shape index (κ2) is 15.2. The number of nitrogens with one attached hydrogen (secondary N) is 2. The maximum atomic E-state index is 14.1. The van der Waals surface area contributed by atoms with Gasteiger partial charge in [-0.2, -0.15) is 0 Å². The summed E-state index contributed by atoms with van der Waals surface area (Å²) in [4.78, 5) is 53.3. The second-order valence-corrected chi connectivity index (χ2v) is 10.6. The molecule has 1 aromatic carbocycles. The number of carbonyl (C=O) groups is 4. The number of primary amides is 1. The molecule has 0 aliphatic carbocycles. The summed E-state index contributed by atoms with van der Waals surface area (Å²) < 4.78 is 5.34. The molecule has 214 valence electrons. The molecule has 0 aromatic heterocycles. The van der Waals surface area contributed by atoms with Crippen molar-refractivity contribution in [3.63, 3.8) is 0 Å². The van der Waals surface area contributed by atoms with Crippen LogP contribution in [0.25, 0.3) is 0 Å². The smallest absolute Gasteiger partial charge is 0.408 e. The highest BCUT2D eigenvalue weighted by Crippen LogP contribution is 2.34. The lowest BCUT2D eigenvalue weighted by Gasteiger charge is -2.38. The van der Waals surface area contributed by atoms with Crippen LogP contribution < -0.4 is 16.4 Å². The van der Waals surface area contributed by atoms with Crippen LogP contribution in [-0.2, 0) is 19.1 Å². The number of aromatic hydroxyl groups is 1. The molecule has 10 nitrogen and oxygen atoms in total. The Morgan fingerprint density at radius 3 is 2.34 bits per heavy atom. The van der Waals surface area contributed by atoms with Crippen molar-refractivity contribution in [2.24, 2.45) is 5.73 Å². The number of amides is 4. The van der Waals surface area contributed by atoms with Crippen LogP contribution >= 0.6 is 0 Å². The molecule has 0 aliphatic heterocycles. The van der Waals surface area contributed by atoms with E-state index in [2.05, 4.69) is 17.6 Å². The van der Waals surface area contributed by atoms with Crippen molar-refractivity contribution in [2.75, 3.05) is 6.54 Å². The number of carbonyl (C=O) groups excluding carboxylic acids is 4. The van der Waals surface area contributed by atoms with Gasteiger partial charge in [0.2, 0.25) is 17.7 Å². The first kappa shape index (κ1) is 32.7. The number of unbranched alkanes of at least 4 members (excludes halogenated alkanes) is 2. The van der Waals surface area contributed by atoms with Gasteiger partial charge in [0.15, 0.2) is 0 Å². The van der Waals surface area contributed by atoms with Crippen LogP contribution in [0.1, 0.15) is 97.2 Å². The van der Waals surface area contributed by atoms with Crippen molar-refractivity contribution in [1.29, 1.82) is 0 Å². The Morgan fingerprint density at radius 1 is 1.13 bits per heavy atom. The van der Waals surface area contributed by atoms with Gasteiger partial charge in [0, 0.05) is 24.6 Å². The molecule has 0 saturated heterocycles. The Kier molecular flexibility index (Phi) is 13.1. The van der Waals surface area contributed by atoms with Gasteiger partial charge in [-0.25, -0.2) is 4.79 Å². The van der Waals surface area contributed by atoms with Gasteiger partial charge in [0.25, 0.3) is 0 Å². The quantitative estimate of drug-likeness (QED) is 0.266. The van der Waals surface area contributed by atoms with Crippen LogP contribution in [0.4, 0.5) is 4.79 Å². The first-order valence-electron chi connectivity index (χ1n) is 13.4. The molecule has 0 radical (unpaired) electrons. The van der Waals surface area contributed by atoms with Crippen molar-refractivity contribution in [3.8, 4) is 5.75 Å². The normalized spacial score (nSPS) is 13.7. The average molecular weight is 535 g/mol. The number of hydrogen-bond donors (Lipinski definition) is 4. The van der Waals surface area contributed by atoms with Gasteiger partial charge in [-0.1, -0.05) is 44.9 Å². The summed E-state index contributed by atoms with van der Waals surface area (Å²) in [6, 6.07) is 2.23. The van der Waals surface area contributed by atoms with Gasteiger partial charge in [0.05, 0.1) is 0 Å². The van der Waals surface area contributed by atoms with Gasteiger partial charge < -0.3 is 31.1 Å². The molecule has 0 spiro atoms. The number of phenolic OH excluding ortho intramolecular Hbond substituents is 1. The van der Waals surface area contributed by atoms with Crippen molar-refractivity contribution in [2.45, 2.75) is 111 Å². The highest BCUT2D eigenvalue weighted by molar-refractivity contribution is 5.93. The van der Waals surface area contributed by atoms with Gasteiger partial charge in [-0.05, 0) is 59.4 Å². The summed E-state index contributed by atoms with van der Waals surface area (Å²) in [5.41, 5.74) is 5.36. The summed E-state index contributed by atoms with van der Waals surface area (Å²) >= 11 is 0. The number of hydrogen-bond acceptors (Lipinski definition) is 6. The topological polar surface area (TPSA) is 151 Å². The number of rotatable bonds is 14. The fourth-order valence-electron chi connectivity index (χ4n) is 3.97. The molecular formula is C28H46N4O6. The van der Waals surface area contributed by atoms with E-state index in [0.717, 1.165) is 19.3 Å². The predicted octanol–water partition coefficient (Wildman–Crippen LogP) is 3.83. The number of para-hydroxylation sites is 1. The standard InChI is InChI=1S/C28H46N4O6/c1-8-10-11-17-30-25(35)23(20-14-12-13-18(3)24(20)34)32(19(4)9-2)26(36)21(15-16-22(29)33)31-27(37)38-28(5,6)7/h12-14,19,21,23,34H,8-11,15-17H2,1-7H3,(H2,29,33)(H,30,35)(H,31,37). The first-order chi connectivity index (χ1) is 17.7. The Bertz CT molecular complexity index is 959. The van der Waals surface area contributed by atoms with Crippen LogP contribution in [-0.4, -0.2) is 58.1 Å². The molecule has 5 N–H and O–H groups in total. The largest absolute Gasteiger partial charge is 0.507 e. The van der Waals surface area contributed by atoms with E-state index in [1.807, 2.05) is 6.92 Å². The lowest BCUT2D eigenvalue weighted by atomic mass is 9.96. The molecule has 3 unspecified atom stereocenters. The second-order valence-electron chi connectivity index (χ2n) is 10.6. The Morgan fingerprint density at radius 2 is 1.79 bits per heavy atom. The lowest BCUT2D eigenvalue weighted by molar-refractivity contribution is -0.145. The third-order valence-corrected chi connectivity index (χ3v) is 6.16. The van der Waals surface area contributed by atoms with E-state index in [4.69, 9.17) is 10.5 Å². The van der Waals surface area contributed by atoms with E-state index in [-0.39, 0.29) is 24.2 Å². The van der Waals surface area contributed by atoms with Crippen LogP contribution in [0.2, 0.25) is 0 Å². The number of phenols is 1. The molecule has 38 heavy (non-hydrogen) atoms. The molecular weight excluding hydrogens is 488 g/mol. The van der Waals surface area contributed by atoms with Crippen LogP contribution in [0.5, 0.6) is 5.75 Å². The van der Waals surface area contributed by atoms with Crippen LogP contribution in [0, 0.1) is 6.92 Å². The van der Waals surface area contributed by atoms with E-state index in [1.54, 1.807) is 52.8 Å². The number of nitrogens with two attached hydrogens (primary N) is 1. The zero-order valence-electron chi connectivity index (χ0n) is 23.9. The molecule has 0 fully saturated rings. The molecule has 4 amide bonds. The van der Waals surface area contributed by atoms with Crippen molar-refractivity contribution >= 4 is 23.8 Å². The van der Waals surface area contributed by atoms with Crippen LogP contribution in [0.15, 0.2) is 18.2 Å². The van der Waals surface area contributed by atoms with Crippen molar-refractivity contribution in [1.82, 2.24) is 15.5 Å². The van der Waals surface area contributed by atoms with Gasteiger partial charge >= 0.3 is 6.09 Å². The summed E-state index contributed by atoms with van der Waals surface area (Å²) in [5.74, 6) is -1.75. The van der Waals surface area contributed by atoms with Crippen LogP contribution in [0.3, 0.4) is 0 Å². The van der Waals surface area contributed by atoms with E-state index in [1.165, 1.54) is 4.90 Å². The zero-order chi connectivity index (χ0) is 29.0. The number of ether oxygens (including phenoxy) is 1. The zero-order valence-corrected chi connectivity index (χ0v) is 23.9. The van der Waals surface area contributed by atoms with Gasteiger partial charge in [-0.3, -0.25) is 14.4 Å². The summed E-state index contributed by atoms with van der Waals surface area (Å²) in [6.07, 6.45) is 2.11. The molecule has 1 aromatic rings. The SMILES string of the molecule is CCCCCNC(=O)C(c1cccc(C)c1O)N(C(=O)C(CCC(N)=O)NC(=O)OC(C)(C)C)C(C)CC. The Balaban J connectivity index is 3.56. The summed E-state index contributed by atoms with van der Waals surface area (Å²) in [5, 5.41) is 16.4. The van der Waals surface area contributed by atoms with E-state index in [9.17, 15) is 24.3 Å². The lowest BCUT2D eigenvalue weighted by Crippen LogP contribution is -2.55. The molecule has 0 aliphatic rings. The molecule has 0 bridgehead atoms. The molecule has 0 saturated carbocycles. The monoisotopic (exact) mass is 534 g/mol. The number of nitrogens with zero attached hydrogens (tertiary/aromatic N) is 1. The van der Waals surface area contributed by atoms with Crippen molar-refractivity contribution < 1.29 is 29.0 Å². The van der Waals surface area contributed by atoms with E-state index < -0.39 is 47.5 Å². The molecule has 10 heteroatoms. The summed E-state index contributed by atoms with van der Waals surface area (Å²) in [6.45, 7) is 12.9. The third kappa shape index (κ3) is 10.2. The van der Waals surface area contributed by atoms with E-state index >= 15 is 0 Å². The average Bonchev–Trinajstić information content (AvgIpc) is 2.82. The summed E-state index contributed by atoms with van der Waals surface area (Å²) in [7, 11) is 0. The Hall–Kier alpha value is -3.30. The number of benzene rings is 1. The van der Waals surface area contributed by atoms with Gasteiger partial charge in [-0.15, -0.1) is 0 Å². The minimum absolute atomic E-state index is 0.0784. The fourth-order valence-corrected chi connectivity index (χ4v) is 3.97. The fraction of sp³-hybridized carbons (Fsp3) is 0.643. The highest BCUT2D eigenvalue weighted by Gasteiger charge is 2.39. The van der Waals surface area contributed by atoms with Gasteiger partial charge in [0.1, 0.15) is 23.4 Å². The maximum absolute atomic E-state index is 14.1. The first-order valence-corrected chi connectivity index (χ1v) is 13.4. The highest BCUT2D eigenvalue weighted by atomic mass is 16.6. The molecule has 0 heterocycles. The number of alkyl carbamates (subject to hydrolysis) is 1. The van der Waals surface area contributed by atoms with Crippen molar-refractivity contribution in [3.05, 3.63) is 29.3 Å². The predicted molar refractivity (Wildman–Crippen MR) is 146 cm³/mol. The molecule has 1 rings (SSSR count). The third-order valence-electron chi connectivity index (χ3n) is 6.16. The minimum Gasteiger partial charge on any atom is -0.507 e. The Labute approximate surface area is 226 Å².